The van der Waals surface area contributed by atoms with Gasteiger partial charge in [0.1, 0.15) is 0 Å². The van der Waals surface area contributed by atoms with Gasteiger partial charge >= 0.3 is 12.4 Å². The van der Waals surface area contributed by atoms with Gasteiger partial charge in [-0.15, -0.1) is 0 Å². The molecule has 0 aromatic rings. The van der Waals surface area contributed by atoms with Gasteiger partial charge in [-0.3, -0.25) is 0 Å². The Morgan fingerprint density at radius 3 is 2.24 bits per heavy atom. The summed E-state index contributed by atoms with van der Waals surface area (Å²) in [5, 5.41) is 29.6. The molecule has 4 saturated carbocycles. The zero-order valence-electron chi connectivity index (χ0n) is 21.0. The molecule has 0 aromatic heterocycles. The molecule has 0 unspecified atom stereocenters. The molecule has 4 fully saturated rings. The van der Waals surface area contributed by atoms with Crippen LogP contribution < -0.4 is 0 Å². The van der Waals surface area contributed by atoms with Crippen molar-refractivity contribution in [2.75, 3.05) is 0 Å². The summed E-state index contributed by atoms with van der Waals surface area (Å²) in [6, 6.07) is 0. The highest BCUT2D eigenvalue weighted by molar-refractivity contribution is 5.39. The van der Waals surface area contributed by atoms with Gasteiger partial charge in [0.25, 0.3) is 5.60 Å². The number of aliphatic hydroxyl groups is 3. The Labute approximate surface area is 213 Å². The zero-order chi connectivity index (χ0) is 27.4. The average Bonchev–Trinajstić information content (AvgIpc) is 3.46. The van der Waals surface area contributed by atoms with Crippen molar-refractivity contribution in [3.8, 4) is 0 Å². The molecule has 3 N–H and O–H groups in total. The fourth-order valence-corrected chi connectivity index (χ4v) is 7.38. The summed E-state index contributed by atoms with van der Waals surface area (Å²) in [5.41, 5.74) is -2.60. The summed E-state index contributed by atoms with van der Waals surface area (Å²) < 4.78 is 78.4. The largest absolute Gasteiger partial charge is 0.429 e. The van der Waals surface area contributed by atoms with E-state index in [0.29, 0.717) is 12.0 Å². The van der Waals surface area contributed by atoms with Crippen LogP contribution in [0.1, 0.15) is 71.1 Å². The van der Waals surface area contributed by atoms with Crippen molar-refractivity contribution in [2.45, 2.75) is 101 Å². The van der Waals surface area contributed by atoms with Crippen molar-refractivity contribution in [1.29, 1.82) is 0 Å². The third-order valence-electron chi connectivity index (χ3n) is 9.61. The minimum absolute atomic E-state index is 0.0765. The number of hydrogen-bond acceptors (Lipinski definition) is 3. The third-order valence-corrected chi connectivity index (χ3v) is 9.61. The predicted molar refractivity (Wildman–Crippen MR) is 127 cm³/mol. The fourth-order valence-electron chi connectivity index (χ4n) is 7.38. The second-order valence-electron chi connectivity index (χ2n) is 11.8. The summed E-state index contributed by atoms with van der Waals surface area (Å²) in [6.07, 6.45) is -1.46. The lowest BCUT2D eigenvalue weighted by atomic mass is 9.59. The molecule has 5 atom stereocenters. The van der Waals surface area contributed by atoms with E-state index in [1.807, 2.05) is 6.08 Å². The maximum atomic E-state index is 13.1. The van der Waals surface area contributed by atoms with Gasteiger partial charge in [-0.25, -0.2) is 0 Å². The molecule has 0 aliphatic heterocycles. The van der Waals surface area contributed by atoms with E-state index in [1.165, 1.54) is 5.57 Å². The molecule has 0 bridgehead atoms. The van der Waals surface area contributed by atoms with Crippen LogP contribution in [0.2, 0.25) is 0 Å². The summed E-state index contributed by atoms with van der Waals surface area (Å²) in [6.45, 7) is 6.16. The minimum atomic E-state index is -5.85. The first-order valence-corrected chi connectivity index (χ1v) is 13.0. The number of fused-ring (bicyclic) bond motifs is 1. The molecule has 0 heterocycles. The van der Waals surface area contributed by atoms with Gasteiger partial charge < -0.3 is 15.3 Å². The van der Waals surface area contributed by atoms with Crippen LogP contribution in [0.4, 0.5) is 26.3 Å². The first-order chi connectivity index (χ1) is 17.0. The van der Waals surface area contributed by atoms with Crippen LogP contribution in [-0.4, -0.2) is 45.5 Å². The zero-order valence-corrected chi connectivity index (χ0v) is 21.0. The lowest BCUT2D eigenvalue weighted by Crippen LogP contribution is -2.55. The van der Waals surface area contributed by atoms with Crippen LogP contribution in [0.15, 0.2) is 47.6 Å². The van der Waals surface area contributed by atoms with E-state index in [4.69, 9.17) is 0 Å². The Hall–Kier alpha value is -1.58. The average molecular weight is 535 g/mol. The molecule has 37 heavy (non-hydrogen) atoms. The normalized spacial score (nSPS) is 37.0. The molecule has 0 saturated heterocycles. The van der Waals surface area contributed by atoms with Crippen molar-refractivity contribution >= 4 is 0 Å². The highest BCUT2D eigenvalue weighted by Gasteiger charge is 2.69. The number of aliphatic hydroxyl groups excluding tert-OH is 2. The summed E-state index contributed by atoms with van der Waals surface area (Å²) in [7, 11) is 0. The third kappa shape index (κ3) is 5.08. The molecular formula is C28H36F6O3. The second-order valence-corrected chi connectivity index (χ2v) is 11.8. The number of rotatable bonds is 5. The van der Waals surface area contributed by atoms with Gasteiger partial charge in [-0.1, -0.05) is 37.3 Å². The van der Waals surface area contributed by atoms with Crippen LogP contribution in [0.25, 0.3) is 0 Å². The van der Waals surface area contributed by atoms with Crippen LogP contribution in [-0.2, 0) is 0 Å². The van der Waals surface area contributed by atoms with Gasteiger partial charge in [-0.2, -0.15) is 26.3 Å². The van der Waals surface area contributed by atoms with Crippen molar-refractivity contribution in [1.82, 2.24) is 0 Å². The number of hydrogen-bond donors (Lipinski definition) is 3. The van der Waals surface area contributed by atoms with Gasteiger partial charge in [0.2, 0.25) is 0 Å². The number of alkyl halides is 6. The van der Waals surface area contributed by atoms with Crippen LogP contribution in [0, 0.1) is 22.7 Å². The Morgan fingerprint density at radius 2 is 1.65 bits per heavy atom. The van der Waals surface area contributed by atoms with E-state index >= 15 is 0 Å². The van der Waals surface area contributed by atoms with E-state index in [9.17, 15) is 41.7 Å². The van der Waals surface area contributed by atoms with E-state index in [0.717, 1.165) is 56.6 Å². The highest BCUT2D eigenvalue weighted by atomic mass is 19.4. The smallest absolute Gasteiger partial charge is 0.393 e. The standard InChI is InChI=1S/C28H36F6O3/c1-17-19(15-20(35)16-22(17)36)7-6-18-5-3-10-24(2)21(18)8-9-23(24)25(13-14-25)11-4-12-26(37,27(29,30)31)28(32,33)34/h4,6-7,12,20-23,35-37H,1,3,5,8-11,13-16H2,2H3/b12-4-,18-6+,19-7-/t20-,21+,22+,23+,24+/m1/s1. The van der Waals surface area contributed by atoms with Gasteiger partial charge in [0.05, 0.1) is 12.2 Å². The molecule has 4 aliphatic rings. The van der Waals surface area contributed by atoms with Crippen molar-refractivity contribution < 1.29 is 41.7 Å². The second kappa shape index (κ2) is 9.56. The first-order valence-electron chi connectivity index (χ1n) is 13.0. The van der Waals surface area contributed by atoms with Crippen molar-refractivity contribution in [3.05, 3.63) is 47.6 Å². The van der Waals surface area contributed by atoms with E-state index in [-0.39, 0.29) is 41.6 Å². The van der Waals surface area contributed by atoms with Crippen molar-refractivity contribution in [2.24, 2.45) is 22.7 Å². The predicted octanol–water partition coefficient (Wildman–Crippen LogP) is 6.71. The maximum absolute atomic E-state index is 13.1. The topological polar surface area (TPSA) is 60.7 Å². The lowest BCUT2D eigenvalue weighted by Gasteiger charge is -2.45. The molecule has 0 aromatic carbocycles. The molecule has 9 heteroatoms. The summed E-state index contributed by atoms with van der Waals surface area (Å²) in [5.74, 6) is 0.433. The summed E-state index contributed by atoms with van der Waals surface area (Å²) >= 11 is 0. The van der Waals surface area contributed by atoms with Gasteiger partial charge in [-0.05, 0) is 97.7 Å². The molecule has 0 radical (unpaired) electrons. The van der Waals surface area contributed by atoms with E-state index < -0.39 is 30.2 Å². The molecule has 4 aliphatic carbocycles. The van der Waals surface area contributed by atoms with Crippen LogP contribution in [0.5, 0.6) is 0 Å². The van der Waals surface area contributed by atoms with E-state index in [2.05, 4.69) is 19.6 Å². The molecule has 0 amide bonds. The molecule has 3 nitrogen and oxygen atoms in total. The van der Waals surface area contributed by atoms with E-state index in [1.54, 1.807) is 0 Å². The fraction of sp³-hybridized carbons (Fsp3) is 0.714. The SMILES string of the molecule is C=C1/C(=C\C=C2/CCC[C@]3(C)[C@@H](C4(C/C=C\C(O)(C(F)(F)F)C(F)(F)F)CC4)CC[C@@H]23)C[C@@H](O)C[C@@H]1O. The molecule has 208 valence electrons. The maximum Gasteiger partial charge on any atom is 0.429 e. The highest BCUT2D eigenvalue weighted by Crippen LogP contribution is 2.70. The Kier molecular flexibility index (Phi) is 7.34. The van der Waals surface area contributed by atoms with Crippen LogP contribution >= 0.6 is 0 Å². The van der Waals surface area contributed by atoms with Gasteiger partial charge in [0.15, 0.2) is 0 Å². The Morgan fingerprint density at radius 1 is 1.00 bits per heavy atom. The first kappa shape index (κ1) is 28.4. The van der Waals surface area contributed by atoms with Crippen LogP contribution in [0.3, 0.4) is 0 Å². The van der Waals surface area contributed by atoms with Crippen molar-refractivity contribution in [3.63, 3.8) is 0 Å². The number of allylic oxidation sites excluding steroid dienone is 4. The lowest BCUT2D eigenvalue weighted by molar-refractivity contribution is -0.347. The number of halogens is 6. The summed E-state index contributed by atoms with van der Waals surface area (Å²) in [4.78, 5) is 0. The Balaban J connectivity index is 1.52. The molecule has 4 rings (SSSR count). The minimum Gasteiger partial charge on any atom is -0.393 e. The molecular weight excluding hydrogens is 498 g/mol. The Bertz CT molecular complexity index is 973. The van der Waals surface area contributed by atoms with Gasteiger partial charge in [0, 0.05) is 6.42 Å². The molecule has 0 spiro atoms. The quantitative estimate of drug-likeness (QED) is 0.271. The monoisotopic (exact) mass is 534 g/mol.